The molecule has 2 saturated heterocycles. The van der Waals surface area contributed by atoms with E-state index in [1.807, 2.05) is 12.3 Å². The first-order valence-electron chi connectivity index (χ1n) is 13.5. The molecule has 0 amide bonds. The first-order valence-corrected chi connectivity index (χ1v) is 15.6. The minimum absolute atomic E-state index is 0.168. The lowest BCUT2D eigenvalue weighted by Gasteiger charge is -2.41. The molecule has 3 aromatic rings. The molecule has 2 N–H and O–H groups in total. The molecule has 1 aromatic carbocycles. The Morgan fingerprint density at radius 1 is 1.08 bits per heavy atom. The molecule has 5 rings (SSSR count). The van der Waals surface area contributed by atoms with Crippen molar-refractivity contribution in [1.82, 2.24) is 15.0 Å². The van der Waals surface area contributed by atoms with Gasteiger partial charge in [0.15, 0.2) is 0 Å². The zero-order valence-electron chi connectivity index (χ0n) is 22.6. The Morgan fingerprint density at radius 2 is 1.87 bits per heavy atom. The zero-order valence-corrected chi connectivity index (χ0v) is 23.4. The second kappa shape index (κ2) is 10.6. The van der Waals surface area contributed by atoms with Gasteiger partial charge in [-0.3, -0.25) is 0 Å². The number of pyridine rings is 1. The van der Waals surface area contributed by atoms with Gasteiger partial charge in [-0.2, -0.15) is 4.98 Å². The number of aliphatic hydroxyl groups excluding tert-OH is 1. The largest absolute Gasteiger partial charge is 0.393 e. The van der Waals surface area contributed by atoms with Gasteiger partial charge in [0.05, 0.1) is 11.9 Å². The summed E-state index contributed by atoms with van der Waals surface area (Å²) in [7, 11) is -2.97. The fraction of sp³-hybridized carbons (Fsp3) is 0.536. The molecule has 0 bridgehead atoms. The number of hydrogen-bond acceptors (Lipinski definition) is 9. The van der Waals surface area contributed by atoms with Crippen LogP contribution in [0.4, 0.5) is 23.3 Å². The van der Waals surface area contributed by atoms with Gasteiger partial charge >= 0.3 is 0 Å². The Balaban J connectivity index is 1.38. The Labute approximate surface area is 225 Å². The molecule has 0 unspecified atom stereocenters. The molecule has 2 aromatic heterocycles. The smallest absolute Gasteiger partial charge is 0.227 e. The van der Waals surface area contributed by atoms with Crippen molar-refractivity contribution >= 4 is 43.9 Å². The van der Waals surface area contributed by atoms with Crippen molar-refractivity contribution in [3.05, 3.63) is 42.2 Å². The number of rotatable bonds is 8. The van der Waals surface area contributed by atoms with Crippen molar-refractivity contribution in [1.29, 1.82) is 0 Å². The van der Waals surface area contributed by atoms with Crippen LogP contribution in [-0.4, -0.2) is 72.8 Å². The maximum absolute atomic E-state index is 11.7. The van der Waals surface area contributed by atoms with Crippen molar-refractivity contribution < 1.29 is 13.5 Å². The fourth-order valence-corrected chi connectivity index (χ4v) is 6.77. The van der Waals surface area contributed by atoms with Gasteiger partial charge in [0, 0.05) is 67.7 Å². The van der Waals surface area contributed by atoms with Crippen molar-refractivity contribution in [3.63, 3.8) is 0 Å². The molecule has 0 spiro atoms. The number of aliphatic hydroxyl groups is 1. The van der Waals surface area contributed by atoms with Crippen LogP contribution >= 0.6 is 0 Å². The average molecular weight is 539 g/mol. The highest BCUT2D eigenvalue weighted by atomic mass is 32.2. The van der Waals surface area contributed by atoms with Gasteiger partial charge in [0.2, 0.25) is 5.95 Å². The van der Waals surface area contributed by atoms with Gasteiger partial charge in [-0.05, 0) is 47.9 Å². The van der Waals surface area contributed by atoms with E-state index < -0.39 is 9.84 Å². The molecule has 2 aliphatic rings. The summed E-state index contributed by atoms with van der Waals surface area (Å²) in [5, 5.41) is 15.8. The molecule has 38 heavy (non-hydrogen) atoms. The van der Waals surface area contributed by atoms with Gasteiger partial charge < -0.3 is 20.2 Å². The number of piperidine rings is 1. The highest BCUT2D eigenvalue weighted by Crippen LogP contribution is 2.37. The fourth-order valence-electron chi connectivity index (χ4n) is 5.70. The quantitative estimate of drug-likeness (QED) is 0.440. The number of benzene rings is 1. The molecule has 9 nitrogen and oxygen atoms in total. The van der Waals surface area contributed by atoms with Crippen LogP contribution < -0.4 is 15.1 Å². The monoisotopic (exact) mass is 538 g/mol. The second-order valence-corrected chi connectivity index (χ2v) is 13.3. The standard InChI is InChI=1S/C28H38N6O3S/c1-5-20-16-33(11-9-25(20)35)28-29-10-8-26(32-28)31-27-12-22-21(18(2)3)6-7-24(23(22)13-30-27)34-14-19(15-34)17-38(4,36)37/h6-8,10,12-13,18-20,25,35H,5,9,11,14-17H2,1-4H3,(H,29,30,31,32)/t20-,25-/m1/s1. The first kappa shape index (κ1) is 26.6. The topological polar surface area (TPSA) is 112 Å². The lowest BCUT2D eigenvalue weighted by Crippen LogP contribution is -2.49. The van der Waals surface area contributed by atoms with Crippen LogP contribution in [0.2, 0.25) is 0 Å². The van der Waals surface area contributed by atoms with Crippen LogP contribution in [-0.2, 0) is 9.84 Å². The summed E-state index contributed by atoms with van der Waals surface area (Å²) in [5.41, 5.74) is 2.33. The molecule has 0 aliphatic carbocycles. The van der Waals surface area contributed by atoms with Crippen molar-refractivity contribution in [2.75, 3.05) is 53.3 Å². The molecule has 2 aliphatic heterocycles. The van der Waals surface area contributed by atoms with E-state index in [1.54, 1.807) is 6.20 Å². The summed E-state index contributed by atoms with van der Waals surface area (Å²) < 4.78 is 23.4. The number of sulfone groups is 1. The summed E-state index contributed by atoms with van der Waals surface area (Å²) in [6.07, 6.45) is 6.35. The normalized spacial score (nSPS) is 20.7. The van der Waals surface area contributed by atoms with E-state index in [2.05, 4.69) is 59.1 Å². The van der Waals surface area contributed by atoms with Gasteiger partial charge in [0.25, 0.3) is 0 Å². The number of hydrogen-bond donors (Lipinski definition) is 2. The minimum Gasteiger partial charge on any atom is -0.393 e. The third kappa shape index (κ3) is 5.71. The Hall–Kier alpha value is -2.98. The Morgan fingerprint density at radius 3 is 2.58 bits per heavy atom. The number of fused-ring (bicyclic) bond motifs is 1. The Kier molecular flexibility index (Phi) is 7.46. The van der Waals surface area contributed by atoms with Crippen molar-refractivity contribution in [3.8, 4) is 0 Å². The molecular formula is C28H38N6O3S. The maximum atomic E-state index is 11.7. The van der Waals surface area contributed by atoms with Crippen LogP contribution in [0.5, 0.6) is 0 Å². The predicted octanol–water partition coefficient (Wildman–Crippen LogP) is 3.97. The summed E-state index contributed by atoms with van der Waals surface area (Å²) in [5.74, 6) is 3.00. The second-order valence-electron chi connectivity index (χ2n) is 11.1. The lowest BCUT2D eigenvalue weighted by atomic mass is 9.93. The molecule has 0 saturated carbocycles. The molecule has 4 heterocycles. The average Bonchev–Trinajstić information content (AvgIpc) is 2.85. The lowest BCUT2D eigenvalue weighted by molar-refractivity contribution is 0.0856. The number of nitrogens with zero attached hydrogens (tertiary/aromatic N) is 5. The number of nitrogens with one attached hydrogen (secondary N) is 1. The minimum atomic E-state index is -2.97. The molecule has 10 heteroatoms. The summed E-state index contributed by atoms with van der Waals surface area (Å²) >= 11 is 0. The van der Waals surface area contributed by atoms with Crippen molar-refractivity contribution in [2.24, 2.45) is 11.8 Å². The first-order chi connectivity index (χ1) is 18.1. The third-order valence-corrected chi connectivity index (χ3v) is 8.85. The zero-order chi connectivity index (χ0) is 27.0. The van der Waals surface area contributed by atoms with Crippen LogP contribution in [0, 0.1) is 11.8 Å². The van der Waals surface area contributed by atoms with Gasteiger partial charge in [-0.25, -0.2) is 18.4 Å². The summed E-state index contributed by atoms with van der Waals surface area (Å²) in [6.45, 7) is 9.43. The summed E-state index contributed by atoms with van der Waals surface area (Å²) in [4.78, 5) is 18.4. The van der Waals surface area contributed by atoms with Crippen LogP contribution in [0.1, 0.15) is 45.1 Å². The molecule has 204 valence electrons. The van der Waals surface area contributed by atoms with Gasteiger partial charge in [-0.15, -0.1) is 0 Å². The van der Waals surface area contributed by atoms with E-state index in [1.165, 1.54) is 11.8 Å². The highest BCUT2D eigenvalue weighted by Gasteiger charge is 2.31. The van der Waals surface area contributed by atoms with E-state index in [0.717, 1.165) is 55.5 Å². The van der Waals surface area contributed by atoms with E-state index in [-0.39, 0.29) is 23.7 Å². The van der Waals surface area contributed by atoms with E-state index in [4.69, 9.17) is 9.97 Å². The van der Waals surface area contributed by atoms with Crippen LogP contribution in [0.15, 0.2) is 36.7 Å². The van der Waals surface area contributed by atoms with Gasteiger partial charge in [0.1, 0.15) is 21.5 Å². The van der Waals surface area contributed by atoms with Crippen LogP contribution in [0.25, 0.3) is 10.8 Å². The van der Waals surface area contributed by atoms with Crippen LogP contribution in [0.3, 0.4) is 0 Å². The third-order valence-electron chi connectivity index (χ3n) is 7.77. The highest BCUT2D eigenvalue weighted by molar-refractivity contribution is 7.90. The molecule has 2 fully saturated rings. The predicted molar refractivity (Wildman–Crippen MR) is 153 cm³/mol. The van der Waals surface area contributed by atoms with Crippen molar-refractivity contribution in [2.45, 2.75) is 45.6 Å². The van der Waals surface area contributed by atoms with E-state index in [9.17, 15) is 13.5 Å². The molecule has 0 radical (unpaired) electrons. The Bertz CT molecular complexity index is 1410. The molecule has 2 atom stereocenters. The SMILES string of the molecule is CC[C@@H]1CN(c2nccc(Nc3cc4c(C(C)C)ccc(N5CC(CS(C)(=O)=O)C5)c4cn3)n2)CC[C@H]1O. The summed E-state index contributed by atoms with van der Waals surface area (Å²) in [6, 6.07) is 8.23. The van der Waals surface area contributed by atoms with Gasteiger partial charge in [-0.1, -0.05) is 26.8 Å². The maximum Gasteiger partial charge on any atom is 0.227 e. The number of anilines is 4. The van der Waals surface area contributed by atoms with E-state index in [0.29, 0.717) is 23.5 Å². The number of aromatic nitrogens is 3. The molecular weight excluding hydrogens is 500 g/mol. The van der Waals surface area contributed by atoms with E-state index >= 15 is 0 Å².